The molecule has 0 aromatic heterocycles. The van der Waals surface area contributed by atoms with E-state index in [0.29, 0.717) is 5.02 Å². The lowest BCUT2D eigenvalue weighted by Gasteiger charge is -1.92. The lowest BCUT2D eigenvalue weighted by atomic mass is 10.2. The molecule has 0 atom stereocenters. The Labute approximate surface area is 85.6 Å². The Hall–Kier alpha value is -1.61. The van der Waals surface area contributed by atoms with Crippen LogP contribution in [0.1, 0.15) is 5.56 Å². The summed E-state index contributed by atoms with van der Waals surface area (Å²) in [6.45, 7) is 0. The number of benzene rings is 1. The molecule has 0 amide bonds. The number of rotatable bonds is 3. The van der Waals surface area contributed by atoms with Crippen LogP contribution in [0.25, 0.3) is 6.08 Å². The normalized spacial score (nSPS) is 10.4. The van der Waals surface area contributed by atoms with Gasteiger partial charge in [0.05, 0.1) is 0 Å². The van der Waals surface area contributed by atoms with Crippen molar-refractivity contribution >= 4 is 29.4 Å². The van der Waals surface area contributed by atoms with Gasteiger partial charge in [-0.1, -0.05) is 29.8 Å². The van der Waals surface area contributed by atoms with Gasteiger partial charge in [0.1, 0.15) is 0 Å². The van der Waals surface area contributed by atoms with Crippen molar-refractivity contribution in [2.75, 3.05) is 0 Å². The summed E-state index contributed by atoms with van der Waals surface area (Å²) in [5, 5.41) is 8.87. The van der Waals surface area contributed by atoms with E-state index in [9.17, 15) is 9.59 Å². The maximum absolute atomic E-state index is 10.7. The highest BCUT2D eigenvalue weighted by Crippen LogP contribution is 2.10. The highest BCUT2D eigenvalue weighted by molar-refractivity contribution is 6.38. The van der Waals surface area contributed by atoms with Crippen molar-refractivity contribution in [1.82, 2.24) is 0 Å². The third-order valence-corrected chi connectivity index (χ3v) is 1.76. The number of carboxylic acids is 1. The van der Waals surface area contributed by atoms with Crippen molar-refractivity contribution in [2.24, 2.45) is 0 Å². The fraction of sp³-hybridized carbons (Fsp3) is 0. The number of carbonyl (C=O) groups is 2. The number of halogens is 1. The second-order valence-electron chi connectivity index (χ2n) is 2.55. The van der Waals surface area contributed by atoms with E-state index in [1.165, 1.54) is 6.08 Å². The molecule has 0 aliphatic carbocycles. The molecule has 1 N–H and O–H groups in total. The van der Waals surface area contributed by atoms with Crippen LogP contribution in [0.2, 0.25) is 5.02 Å². The van der Waals surface area contributed by atoms with Crippen molar-refractivity contribution in [3.8, 4) is 0 Å². The maximum atomic E-state index is 10.7. The summed E-state index contributed by atoms with van der Waals surface area (Å²) >= 11 is 5.64. The van der Waals surface area contributed by atoms with Gasteiger partial charge in [-0.25, -0.2) is 4.79 Å². The van der Waals surface area contributed by atoms with Crippen LogP contribution in [0.3, 0.4) is 0 Å². The molecule has 0 aliphatic rings. The van der Waals surface area contributed by atoms with E-state index in [1.54, 1.807) is 24.3 Å². The zero-order valence-corrected chi connectivity index (χ0v) is 7.86. The second kappa shape index (κ2) is 4.58. The van der Waals surface area contributed by atoms with Gasteiger partial charge in [-0.05, 0) is 23.8 Å². The van der Waals surface area contributed by atoms with Crippen molar-refractivity contribution in [3.05, 3.63) is 40.9 Å². The largest absolute Gasteiger partial charge is 0.475 e. The number of aliphatic carboxylic acids is 1. The van der Waals surface area contributed by atoms with Gasteiger partial charge in [-0.15, -0.1) is 0 Å². The first kappa shape index (κ1) is 10.5. The van der Waals surface area contributed by atoms with Gasteiger partial charge < -0.3 is 5.11 Å². The molecule has 0 bridgehead atoms. The van der Waals surface area contributed by atoms with Crippen molar-refractivity contribution in [3.63, 3.8) is 0 Å². The van der Waals surface area contributed by atoms with Crippen molar-refractivity contribution in [1.29, 1.82) is 0 Å². The molecule has 0 spiro atoms. The summed E-state index contributed by atoms with van der Waals surface area (Å²) in [5.41, 5.74) is 0.726. The number of ketones is 1. The fourth-order valence-corrected chi connectivity index (χ4v) is 0.943. The van der Waals surface area contributed by atoms with Gasteiger partial charge in [-0.3, -0.25) is 4.79 Å². The molecule has 0 heterocycles. The highest BCUT2D eigenvalue weighted by Gasteiger charge is 2.04. The number of hydrogen-bond acceptors (Lipinski definition) is 2. The van der Waals surface area contributed by atoms with E-state index in [-0.39, 0.29) is 0 Å². The van der Waals surface area contributed by atoms with Crippen LogP contribution >= 0.6 is 11.6 Å². The summed E-state index contributed by atoms with van der Waals surface area (Å²) in [6.07, 6.45) is 2.43. The van der Waals surface area contributed by atoms with E-state index in [0.717, 1.165) is 11.6 Å². The van der Waals surface area contributed by atoms with Gasteiger partial charge in [0.15, 0.2) is 0 Å². The first-order chi connectivity index (χ1) is 6.59. The molecule has 1 aromatic carbocycles. The predicted octanol–water partition coefficient (Wildman–Crippen LogP) is 2.01. The molecule has 0 unspecified atom stereocenters. The Bertz CT molecular complexity index is 379. The standard InChI is InChI=1S/C10H7ClO3/c11-8-4-1-7(2-5-8)3-6-9(12)10(13)14/h1-6H,(H,13,14)/b6-3+. The minimum Gasteiger partial charge on any atom is -0.475 e. The van der Waals surface area contributed by atoms with E-state index < -0.39 is 11.8 Å². The zero-order valence-electron chi connectivity index (χ0n) is 7.11. The van der Waals surface area contributed by atoms with Crippen LogP contribution in [0, 0.1) is 0 Å². The van der Waals surface area contributed by atoms with E-state index in [4.69, 9.17) is 16.7 Å². The monoisotopic (exact) mass is 210 g/mol. The maximum Gasteiger partial charge on any atom is 0.376 e. The van der Waals surface area contributed by atoms with Crippen LogP contribution in [0.4, 0.5) is 0 Å². The molecule has 0 fully saturated rings. The van der Waals surface area contributed by atoms with Gasteiger partial charge in [0, 0.05) is 5.02 Å². The molecule has 0 saturated heterocycles. The number of hydrogen-bond donors (Lipinski definition) is 1. The highest BCUT2D eigenvalue weighted by atomic mass is 35.5. The fourth-order valence-electron chi connectivity index (χ4n) is 0.817. The van der Waals surface area contributed by atoms with E-state index in [1.807, 2.05) is 0 Å². The Morgan fingerprint density at radius 3 is 2.29 bits per heavy atom. The summed E-state index contributed by atoms with van der Waals surface area (Å²) in [4.78, 5) is 20.8. The van der Waals surface area contributed by atoms with E-state index in [2.05, 4.69) is 0 Å². The van der Waals surface area contributed by atoms with Crippen LogP contribution < -0.4 is 0 Å². The predicted molar refractivity (Wildman–Crippen MR) is 53.1 cm³/mol. The summed E-state index contributed by atoms with van der Waals surface area (Å²) in [6, 6.07) is 6.70. The average molecular weight is 211 g/mol. The SMILES string of the molecule is O=C(O)C(=O)/C=C/c1ccc(Cl)cc1. The Kier molecular flexibility index (Phi) is 3.42. The Morgan fingerprint density at radius 2 is 1.79 bits per heavy atom. The minimum absolute atomic E-state index is 0.590. The van der Waals surface area contributed by atoms with Crippen molar-refractivity contribution in [2.45, 2.75) is 0 Å². The quantitative estimate of drug-likeness (QED) is 0.613. The van der Waals surface area contributed by atoms with Crippen LogP contribution in [0.15, 0.2) is 30.3 Å². The summed E-state index contributed by atoms with van der Waals surface area (Å²) in [5.74, 6) is -2.41. The molecule has 0 saturated carbocycles. The van der Waals surface area contributed by atoms with Gasteiger partial charge in [-0.2, -0.15) is 0 Å². The smallest absolute Gasteiger partial charge is 0.376 e. The Balaban J connectivity index is 2.74. The van der Waals surface area contributed by atoms with E-state index >= 15 is 0 Å². The van der Waals surface area contributed by atoms with Crippen LogP contribution in [0.5, 0.6) is 0 Å². The molecule has 14 heavy (non-hydrogen) atoms. The molecular formula is C10H7ClO3. The molecule has 4 heteroatoms. The number of carbonyl (C=O) groups excluding carboxylic acids is 1. The first-order valence-corrected chi connectivity index (χ1v) is 4.18. The van der Waals surface area contributed by atoms with Crippen molar-refractivity contribution < 1.29 is 14.7 Å². The molecule has 3 nitrogen and oxygen atoms in total. The topological polar surface area (TPSA) is 54.4 Å². The molecule has 72 valence electrons. The average Bonchev–Trinajstić information content (AvgIpc) is 2.16. The molecule has 1 rings (SSSR count). The molecule has 0 radical (unpaired) electrons. The molecule has 0 aliphatic heterocycles. The summed E-state index contributed by atoms with van der Waals surface area (Å²) in [7, 11) is 0. The van der Waals surface area contributed by atoms with Crippen LogP contribution in [-0.4, -0.2) is 16.9 Å². The summed E-state index contributed by atoms with van der Waals surface area (Å²) < 4.78 is 0. The molecule has 1 aromatic rings. The Morgan fingerprint density at radius 1 is 1.21 bits per heavy atom. The zero-order chi connectivity index (χ0) is 10.6. The first-order valence-electron chi connectivity index (χ1n) is 3.80. The number of carboxylic acid groups (broad SMARTS) is 1. The lowest BCUT2D eigenvalue weighted by Crippen LogP contribution is -2.08. The van der Waals surface area contributed by atoms with Gasteiger partial charge in [0.25, 0.3) is 5.78 Å². The minimum atomic E-state index is -1.46. The lowest BCUT2D eigenvalue weighted by molar-refractivity contribution is -0.146. The molecular weight excluding hydrogens is 204 g/mol. The third kappa shape index (κ3) is 3.03. The second-order valence-corrected chi connectivity index (χ2v) is 2.99. The van der Waals surface area contributed by atoms with Crippen LogP contribution in [-0.2, 0) is 9.59 Å². The third-order valence-electron chi connectivity index (χ3n) is 1.51. The van der Waals surface area contributed by atoms with Gasteiger partial charge >= 0.3 is 5.97 Å². The van der Waals surface area contributed by atoms with Gasteiger partial charge in [0.2, 0.25) is 0 Å².